The van der Waals surface area contributed by atoms with Gasteiger partial charge < -0.3 is 15.2 Å². The molecule has 1 heterocycles. The lowest BCUT2D eigenvalue weighted by Crippen LogP contribution is -2.27. The molecule has 0 bridgehead atoms. The lowest BCUT2D eigenvalue weighted by Gasteiger charge is -2.26. The van der Waals surface area contributed by atoms with Crippen molar-refractivity contribution in [1.29, 1.82) is 0 Å². The Kier molecular flexibility index (Phi) is 3.57. The van der Waals surface area contributed by atoms with Gasteiger partial charge in [-0.2, -0.15) is 0 Å². The molecule has 17 heavy (non-hydrogen) atoms. The van der Waals surface area contributed by atoms with Gasteiger partial charge in [0.1, 0.15) is 0 Å². The Morgan fingerprint density at radius 1 is 1.29 bits per heavy atom. The summed E-state index contributed by atoms with van der Waals surface area (Å²) < 4.78 is 5.25. The van der Waals surface area contributed by atoms with E-state index in [2.05, 4.69) is 19.2 Å². The second-order valence-corrected chi connectivity index (χ2v) is 4.81. The van der Waals surface area contributed by atoms with Crippen LogP contribution in [0.3, 0.4) is 0 Å². The van der Waals surface area contributed by atoms with Gasteiger partial charge in [0, 0.05) is 5.56 Å². The first kappa shape index (κ1) is 12.2. The quantitative estimate of drug-likeness (QED) is 0.827. The summed E-state index contributed by atoms with van der Waals surface area (Å²) in [6, 6.07) is 1.91. The molecule has 1 aromatic rings. The number of aromatic hydroxyl groups is 1. The van der Waals surface area contributed by atoms with Gasteiger partial charge in [-0.05, 0) is 62.9 Å². The molecule has 3 nitrogen and oxygen atoms in total. The third kappa shape index (κ3) is 2.25. The molecule has 1 saturated heterocycles. The van der Waals surface area contributed by atoms with E-state index in [-0.39, 0.29) is 0 Å². The molecule has 0 radical (unpaired) electrons. The number of benzene rings is 1. The van der Waals surface area contributed by atoms with Crippen LogP contribution in [0.5, 0.6) is 11.5 Å². The maximum absolute atomic E-state index is 10.3. The van der Waals surface area contributed by atoms with Crippen molar-refractivity contribution >= 4 is 0 Å². The minimum absolute atomic E-state index is 0.336. The Morgan fingerprint density at radius 2 is 1.94 bits per heavy atom. The van der Waals surface area contributed by atoms with Gasteiger partial charge in [0.05, 0.1) is 7.11 Å². The van der Waals surface area contributed by atoms with Crippen LogP contribution in [-0.2, 0) is 0 Å². The summed E-state index contributed by atoms with van der Waals surface area (Å²) in [6.45, 7) is 6.22. The van der Waals surface area contributed by atoms with Crippen LogP contribution in [0.25, 0.3) is 0 Å². The lowest BCUT2D eigenvalue weighted by molar-refractivity contribution is 0.361. The Hall–Kier alpha value is -1.22. The lowest BCUT2D eigenvalue weighted by atomic mass is 9.85. The van der Waals surface area contributed by atoms with E-state index in [1.54, 1.807) is 7.11 Å². The van der Waals surface area contributed by atoms with Crippen molar-refractivity contribution in [3.05, 3.63) is 22.8 Å². The highest BCUT2D eigenvalue weighted by Crippen LogP contribution is 2.41. The van der Waals surface area contributed by atoms with Crippen LogP contribution in [-0.4, -0.2) is 25.3 Å². The highest BCUT2D eigenvalue weighted by Gasteiger charge is 2.23. The highest BCUT2D eigenvalue weighted by atomic mass is 16.5. The van der Waals surface area contributed by atoms with E-state index in [0.717, 1.165) is 31.5 Å². The van der Waals surface area contributed by atoms with Crippen molar-refractivity contribution in [2.75, 3.05) is 20.2 Å². The van der Waals surface area contributed by atoms with Gasteiger partial charge in [-0.3, -0.25) is 0 Å². The van der Waals surface area contributed by atoms with Crippen molar-refractivity contribution in [3.8, 4) is 11.5 Å². The average Bonchev–Trinajstić information content (AvgIpc) is 2.35. The number of rotatable bonds is 2. The number of aryl methyl sites for hydroxylation is 1. The second-order valence-electron chi connectivity index (χ2n) is 4.81. The Morgan fingerprint density at radius 3 is 2.53 bits per heavy atom. The average molecular weight is 235 g/mol. The molecular formula is C14H21NO2. The summed E-state index contributed by atoms with van der Waals surface area (Å²) in [4.78, 5) is 0. The van der Waals surface area contributed by atoms with Gasteiger partial charge in [0.15, 0.2) is 11.5 Å². The molecular weight excluding hydrogens is 214 g/mol. The summed E-state index contributed by atoms with van der Waals surface area (Å²) in [5.41, 5.74) is 3.48. The molecule has 0 amide bonds. The summed E-state index contributed by atoms with van der Waals surface area (Å²) >= 11 is 0. The number of hydrogen-bond acceptors (Lipinski definition) is 3. The van der Waals surface area contributed by atoms with Crippen LogP contribution < -0.4 is 10.1 Å². The van der Waals surface area contributed by atoms with E-state index in [1.807, 2.05) is 6.07 Å². The van der Waals surface area contributed by atoms with Gasteiger partial charge in [0.2, 0.25) is 0 Å². The fourth-order valence-corrected chi connectivity index (χ4v) is 2.66. The zero-order valence-corrected chi connectivity index (χ0v) is 10.8. The number of ether oxygens (including phenoxy) is 1. The minimum Gasteiger partial charge on any atom is -0.504 e. The molecule has 1 aromatic carbocycles. The standard InChI is InChI=1S/C14H21NO2/c1-9-8-12(17-3)14(16)13(10(9)2)11-4-6-15-7-5-11/h8,11,15-16H,4-7H2,1-3H3. The fraction of sp³-hybridized carbons (Fsp3) is 0.571. The van der Waals surface area contributed by atoms with Crippen LogP contribution in [0.2, 0.25) is 0 Å². The maximum atomic E-state index is 10.3. The van der Waals surface area contributed by atoms with E-state index >= 15 is 0 Å². The number of phenolic OH excluding ortho intramolecular Hbond substituents is 1. The monoisotopic (exact) mass is 235 g/mol. The van der Waals surface area contributed by atoms with Crippen molar-refractivity contribution in [2.45, 2.75) is 32.6 Å². The summed E-state index contributed by atoms with van der Waals surface area (Å²) in [5, 5.41) is 13.7. The number of methoxy groups -OCH3 is 1. The molecule has 2 rings (SSSR count). The van der Waals surface area contributed by atoms with Gasteiger partial charge in [0.25, 0.3) is 0 Å². The van der Waals surface area contributed by atoms with Gasteiger partial charge in [-0.15, -0.1) is 0 Å². The van der Waals surface area contributed by atoms with Gasteiger partial charge >= 0.3 is 0 Å². The first-order valence-corrected chi connectivity index (χ1v) is 6.23. The van der Waals surface area contributed by atoms with Crippen molar-refractivity contribution < 1.29 is 9.84 Å². The fourth-order valence-electron chi connectivity index (χ4n) is 2.66. The van der Waals surface area contributed by atoms with Crippen molar-refractivity contribution in [1.82, 2.24) is 5.32 Å². The topological polar surface area (TPSA) is 41.5 Å². The Bertz CT molecular complexity index is 409. The third-order valence-electron chi connectivity index (χ3n) is 3.80. The van der Waals surface area contributed by atoms with Crippen LogP contribution in [0, 0.1) is 13.8 Å². The van der Waals surface area contributed by atoms with E-state index in [9.17, 15) is 5.11 Å². The van der Waals surface area contributed by atoms with Crippen LogP contribution in [0.1, 0.15) is 35.4 Å². The minimum atomic E-state index is 0.336. The van der Waals surface area contributed by atoms with E-state index in [4.69, 9.17) is 4.74 Å². The Labute approximate surface area is 103 Å². The predicted octanol–water partition coefficient (Wildman–Crippen LogP) is 2.48. The largest absolute Gasteiger partial charge is 0.504 e. The smallest absolute Gasteiger partial charge is 0.161 e. The molecule has 2 N–H and O–H groups in total. The number of phenols is 1. The van der Waals surface area contributed by atoms with Crippen molar-refractivity contribution in [3.63, 3.8) is 0 Å². The zero-order chi connectivity index (χ0) is 12.4. The number of piperidine rings is 1. The molecule has 1 fully saturated rings. The molecule has 0 saturated carbocycles. The number of nitrogens with one attached hydrogen (secondary N) is 1. The molecule has 0 atom stereocenters. The molecule has 0 aliphatic carbocycles. The first-order chi connectivity index (χ1) is 8.15. The summed E-state index contributed by atoms with van der Waals surface area (Å²) in [6.07, 6.45) is 2.17. The number of hydrogen-bond donors (Lipinski definition) is 2. The van der Waals surface area contributed by atoms with Gasteiger partial charge in [-0.25, -0.2) is 0 Å². The van der Waals surface area contributed by atoms with Crippen LogP contribution >= 0.6 is 0 Å². The zero-order valence-electron chi connectivity index (χ0n) is 10.8. The van der Waals surface area contributed by atoms with Crippen LogP contribution in [0.4, 0.5) is 0 Å². The molecule has 0 unspecified atom stereocenters. The SMILES string of the molecule is COc1cc(C)c(C)c(C2CCNCC2)c1O. The predicted molar refractivity (Wildman–Crippen MR) is 69.0 cm³/mol. The van der Waals surface area contributed by atoms with E-state index in [0.29, 0.717) is 17.4 Å². The Balaban J connectivity index is 2.46. The summed E-state index contributed by atoms with van der Waals surface area (Å²) in [5.74, 6) is 1.38. The first-order valence-electron chi connectivity index (χ1n) is 6.23. The van der Waals surface area contributed by atoms with E-state index < -0.39 is 0 Å². The van der Waals surface area contributed by atoms with Crippen molar-refractivity contribution in [2.24, 2.45) is 0 Å². The van der Waals surface area contributed by atoms with Crippen LogP contribution in [0.15, 0.2) is 6.07 Å². The molecule has 0 spiro atoms. The second kappa shape index (κ2) is 4.96. The molecule has 3 heteroatoms. The summed E-state index contributed by atoms with van der Waals surface area (Å²) in [7, 11) is 1.61. The normalized spacial score (nSPS) is 17.1. The highest BCUT2D eigenvalue weighted by molar-refractivity contribution is 5.54. The van der Waals surface area contributed by atoms with Gasteiger partial charge in [-0.1, -0.05) is 0 Å². The van der Waals surface area contributed by atoms with E-state index in [1.165, 1.54) is 11.1 Å². The molecule has 0 aromatic heterocycles. The molecule has 94 valence electrons. The molecule has 1 aliphatic heterocycles. The third-order valence-corrected chi connectivity index (χ3v) is 3.80. The maximum Gasteiger partial charge on any atom is 0.161 e. The molecule has 1 aliphatic rings.